The molecular weight excluding hydrogens is 221 g/mol. The van der Waals surface area contributed by atoms with E-state index in [9.17, 15) is 9.18 Å². The molecule has 1 aliphatic rings. The summed E-state index contributed by atoms with van der Waals surface area (Å²) in [5.41, 5.74) is 0.439. The zero-order valence-electron chi connectivity index (χ0n) is 9.86. The SMILES string of the molecule is CN1CCOC(C(=O)Cc2ccccc2F)C1. The molecule has 1 aliphatic heterocycles. The first-order chi connectivity index (χ1) is 8.16. The third kappa shape index (κ3) is 3.11. The van der Waals surface area contributed by atoms with Crippen molar-refractivity contribution in [2.24, 2.45) is 0 Å². The Morgan fingerprint density at radius 3 is 3.00 bits per heavy atom. The number of ether oxygens (including phenoxy) is 1. The van der Waals surface area contributed by atoms with Gasteiger partial charge in [-0.25, -0.2) is 4.39 Å². The summed E-state index contributed by atoms with van der Waals surface area (Å²) in [5, 5.41) is 0. The molecule has 1 unspecified atom stereocenters. The molecule has 0 amide bonds. The number of ketones is 1. The fourth-order valence-corrected chi connectivity index (χ4v) is 1.92. The highest BCUT2D eigenvalue weighted by Gasteiger charge is 2.25. The first kappa shape index (κ1) is 12.2. The van der Waals surface area contributed by atoms with Crippen LogP contribution < -0.4 is 0 Å². The van der Waals surface area contributed by atoms with Crippen LogP contribution in [0.3, 0.4) is 0 Å². The van der Waals surface area contributed by atoms with Gasteiger partial charge in [0.15, 0.2) is 5.78 Å². The van der Waals surface area contributed by atoms with Gasteiger partial charge in [-0.2, -0.15) is 0 Å². The molecule has 1 aromatic carbocycles. The highest BCUT2D eigenvalue weighted by atomic mass is 19.1. The van der Waals surface area contributed by atoms with Gasteiger partial charge < -0.3 is 9.64 Å². The van der Waals surface area contributed by atoms with Crippen molar-refractivity contribution in [2.75, 3.05) is 26.7 Å². The largest absolute Gasteiger partial charge is 0.368 e. The lowest BCUT2D eigenvalue weighted by atomic mass is 10.0. The van der Waals surface area contributed by atoms with Crippen molar-refractivity contribution < 1.29 is 13.9 Å². The van der Waals surface area contributed by atoms with Crippen molar-refractivity contribution in [3.8, 4) is 0 Å². The van der Waals surface area contributed by atoms with Gasteiger partial charge in [0, 0.05) is 19.5 Å². The third-order valence-electron chi connectivity index (χ3n) is 2.95. The monoisotopic (exact) mass is 237 g/mol. The van der Waals surface area contributed by atoms with Crippen LogP contribution in [0.25, 0.3) is 0 Å². The second kappa shape index (κ2) is 5.38. The van der Waals surface area contributed by atoms with Crippen molar-refractivity contribution in [3.63, 3.8) is 0 Å². The molecule has 2 rings (SSSR count). The van der Waals surface area contributed by atoms with Crippen molar-refractivity contribution in [1.82, 2.24) is 4.90 Å². The zero-order valence-corrected chi connectivity index (χ0v) is 9.86. The van der Waals surface area contributed by atoms with Gasteiger partial charge in [-0.15, -0.1) is 0 Å². The van der Waals surface area contributed by atoms with Crippen LogP contribution in [0.2, 0.25) is 0 Å². The average molecular weight is 237 g/mol. The molecule has 4 heteroatoms. The molecule has 3 nitrogen and oxygen atoms in total. The Hall–Kier alpha value is -1.26. The summed E-state index contributed by atoms with van der Waals surface area (Å²) >= 11 is 0. The average Bonchev–Trinajstić information content (AvgIpc) is 2.32. The molecule has 0 radical (unpaired) electrons. The van der Waals surface area contributed by atoms with Crippen LogP contribution in [0.1, 0.15) is 5.56 Å². The molecule has 1 saturated heterocycles. The highest BCUT2D eigenvalue weighted by molar-refractivity contribution is 5.85. The van der Waals surface area contributed by atoms with Gasteiger partial charge in [0.1, 0.15) is 11.9 Å². The summed E-state index contributed by atoms with van der Waals surface area (Å²) < 4.78 is 18.8. The van der Waals surface area contributed by atoms with Crippen LogP contribution in [0.15, 0.2) is 24.3 Å². The minimum atomic E-state index is -0.423. The number of Topliss-reactive ketones (excluding diaryl/α,β-unsaturated/α-hetero) is 1. The predicted octanol–water partition coefficient (Wildman–Crippen LogP) is 1.27. The van der Waals surface area contributed by atoms with Crippen molar-refractivity contribution in [1.29, 1.82) is 0 Å². The number of carbonyl (C=O) groups is 1. The van der Waals surface area contributed by atoms with Gasteiger partial charge in [0.25, 0.3) is 0 Å². The van der Waals surface area contributed by atoms with Crippen LogP contribution in [-0.4, -0.2) is 43.5 Å². The number of morpholine rings is 1. The summed E-state index contributed by atoms with van der Waals surface area (Å²) in [6, 6.07) is 6.37. The van der Waals surface area contributed by atoms with Gasteiger partial charge in [-0.05, 0) is 18.7 Å². The van der Waals surface area contributed by atoms with Crippen molar-refractivity contribution >= 4 is 5.78 Å². The lowest BCUT2D eigenvalue weighted by Gasteiger charge is -2.29. The second-order valence-electron chi connectivity index (χ2n) is 4.36. The highest BCUT2D eigenvalue weighted by Crippen LogP contribution is 2.11. The molecule has 92 valence electrons. The van der Waals surface area contributed by atoms with Crippen LogP contribution in [-0.2, 0) is 16.0 Å². The van der Waals surface area contributed by atoms with E-state index in [4.69, 9.17) is 4.74 Å². The Morgan fingerprint density at radius 2 is 2.29 bits per heavy atom. The number of likely N-dealkylation sites (N-methyl/N-ethyl adjacent to an activating group) is 1. The molecule has 1 aromatic rings. The Kier molecular flexibility index (Phi) is 3.86. The maximum absolute atomic E-state index is 13.4. The van der Waals surface area contributed by atoms with E-state index in [-0.39, 0.29) is 18.0 Å². The van der Waals surface area contributed by atoms with E-state index in [1.807, 2.05) is 11.9 Å². The molecular formula is C13H16FNO2. The van der Waals surface area contributed by atoms with E-state index in [0.29, 0.717) is 18.7 Å². The van der Waals surface area contributed by atoms with Gasteiger partial charge in [-0.3, -0.25) is 4.79 Å². The van der Waals surface area contributed by atoms with Gasteiger partial charge >= 0.3 is 0 Å². The Balaban J connectivity index is 1.99. The molecule has 1 fully saturated rings. The lowest BCUT2D eigenvalue weighted by Crippen LogP contribution is -2.44. The number of benzene rings is 1. The Labute approximate surface area is 100 Å². The number of carbonyl (C=O) groups excluding carboxylic acids is 1. The molecule has 0 aromatic heterocycles. The fourth-order valence-electron chi connectivity index (χ4n) is 1.92. The number of hydrogen-bond acceptors (Lipinski definition) is 3. The van der Waals surface area contributed by atoms with Crippen LogP contribution in [0.4, 0.5) is 4.39 Å². The molecule has 1 heterocycles. The fraction of sp³-hybridized carbons (Fsp3) is 0.462. The molecule has 0 spiro atoms. The Bertz CT molecular complexity index is 408. The van der Waals surface area contributed by atoms with Crippen LogP contribution in [0.5, 0.6) is 0 Å². The van der Waals surface area contributed by atoms with Crippen LogP contribution in [0, 0.1) is 5.82 Å². The summed E-state index contributed by atoms with van der Waals surface area (Å²) in [7, 11) is 1.95. The maximum atomic E-state index is 13.4. The van der Waals surface area contributed by atoms with Crippen LogP contribution >= 0.6 is 0 Å². The zero-order chi connectivity index (χ0) is 12.3. The van der Waals surface area contributed by atoms with Crippen molar-refractivity contribution in [2.45, 2.75) is 12.5 Å². The van der Waals surface area contributed by atoms with Gasteiger partial charge in [-0.1, -0.05) is 18.2 Å². The molecule has 0 bridgehead atoms. The minimum absolute atomic E-state index is 0.0540. The van der Waals surface area contributed by atoms with E-state index in [0.717, 1.165) is 6.54 Å². The molecule has 0 aliphatic carbocycles. The Morgan fingerprint density at radius 1 is 1.53 bits per heavy atom. The quantitative estimate of drug-likeness (QED) is 0.793. The summed E-state index contributed by atoms with van der Waals surface area (Å²) in [6.45, 7) is 1.99. The standard InChI is InChI=1S/C13H16FNO2/c1-15-6-7-17-13(9-15)12(16)8-10-4-2-3-5-11(10)14/h2-5,13H,6-9H2,1H3. The summed E-state index contributed by atoms with van der Waals surface area (Å²) in [5.74, 6) is -0.383. The second-order valence-corrected chi connectivity index (χ2v) is 4.36. The van der Waals surface area contributed by atoms with E-state index in [1.165, 1.54) is 6.07 Å². The normalized spacial score (nSPS) is 21.4. The first-order valence-corrected chi connectivity index (χ1v) is 5.73. The molecule has 0 saturated carbocycles. The topological polar surface area (TPSA) is 29.5 Å². The minimum Gasteiger partial charge on any atom is -0.368 e. The molecule has 17 heavy (non-hydrogen) atoms. The van der Waals surface area contributed by atoms with E-state index in [1.54, 1.807) is 18.2 Å². The third-order valence-corrected chi connectivity index (χ3v) is 2.95. The number of rotatable bonds is 3. The van der Waals surface area contributed by atoms with E-state index >= 15 is 0 Å². The van der Waals surface area contributed by atoms with E-state index < -0.39 is 6.10 Å². The summed E-state index contributed by atoms with van der Waals surface area (Å²) in [4.78, 5) is 14.0. The van der Waals surface area contributed by atoms with Crippen molar-refractivity contribution in [3.05, 3.63) is 35.6 Å². The van der Waals surface area contributed by atoms with Gasteiger partial charge in [0.2, 0.25) is 0 Å². The molecule has 0 N–H and O–H groups in total. The lowest BCUT2D eigenvalue weighted by molar-refractivity contribution is -0.134. The smallest absolute Gasteiger partial charge is 0.167 e. The molecule has 1 atom stereocenters. The number of halogens is 1. The predicted molar refractivity (Wildman–Crippen MR) is 62.3 cm³/mol. The number of nitrogens with zero attached hydrogens (tertiary/aromatic N) is 1. The maximum Gasteiger partial charge on any atom is 0.167 e. The van der Waals surface area contributed by atoms with E-state index in [2.05, 4.69) is 0 Å². The summed E-state index contributed by atoms with van der Waals surface area (Å²) in [6.07, 6.45) is -0.320. The first-order valence-electron chi connectivity index (χ1n) is 5.73. The van der Waals surface area contributed by atoms with Gasteiger partial charge in [0.05, 0.1) is 6.61 Å². The number of hydrogen-bond donors (Lipinski definition) is 0.